The molecule has 5 nitrogen and oxygen atoms in total. The molecule has 0 spiro atoms. The summed E-state index contributed by atoms with van der Waals surface area (Å²) in [6.07, 6.45) is 2.58. The summed E-state index contributed by atoms with van der Waals surface area (Å²) in [7, 11) is 0. The summed E-state index contributed by atoms with van der Waals surface area (Å²) < 4.78 is 29.7. The summed E-state index contributed by atoms with van der Waals surface area (Å²) in [5, 5.41) is 16.5. The number of para-hydroxylation sites is 1. The van der Waals surface area contributed by atoms with Gasteiger partial charge in [0.1, 0.15) is 11.4 Å². The third-order valence-corrected chi connectivity index (χ3v) is 4.00. The Kier molecular flexibility index (Phi) is 3.69. The second kappa shape index (κ2) is 6.03. The number of fused-ring (bicyclic) bond motifs is 1. The van der Waals surface area contributed by atoms with Crippen molar-refractivity contribution in [3.63, 3.8) is 0 Å². The van der Waals surface area contributed by atoms with Crippen molar-refractivity contribution in [1.29, 1.82) is 0 Å². The number of halogens is 2. The van der Waals surface area contributed by atoms with Crippen LogP contribution in [-0.4, -0.2) is 9.78 Å². The smallest absolute Gasteiger partial charge is 0.279 e. The van der Waals surface area contributed by atoms with Crippen LogP contribution in [0.1, 0.15) is 0 Å². The molecule has 0 unspecified atom stereocenters. The fourth-order valence-electron chi connectivity index (χ4n) is 2.84. The van der Waals surface area contributed by atoms with Gasteiger partial charge in [0.15, 0.2) is 24.0 Å². The van der Waals surface area contributed by atoms with Gasteiger partial charge in [-0.3, -0.25) is 4.79 Å². The lowest BCUT2D eigenvalue weighted by atomic mass is 10.1. The number of aromatic nitrogens is 3. The molecule has 0 radical (unpaired) electrons. The van der Waals surface area contributed by atoms with Crippen molar-refractivity contribution in [2.24, 2.45) is 0 Å². The fourth-order valence-corrected chi connectivity index (χ4v) is 2.84. The Balaban J connectivity index is 2.14. The van der Waals surface area contributed by atoms with Crippen molar-refractivity contribution in [2.75, 3.05) is 0 Å². The van der Waals surface area contributed by atoms with E-state index in [1.807, 2.05) is 0 Å². The second-order valence-corrected chi connectivity index (χ2v) is 5.63. The third kappa shape index (κ3) is 2.50. The number of hydrogen-bond acceptors (Lipinski definition) is 3. The van der Waals surface area contributed by atoms with E-state index in [-0.39, 0.29) is 11.1 Å². The zero-order valence-electron chi connectivity index (χ0n) is 13.3. The van der Waals surface area contributed by atoms with Crippen molar-refractivity contribution >= 4 is 10.8 Å². The van der Waals surface area contributed by atoms with Gasteiger partial charge in [-0.25, -0.2) is 8.78 Å². The minimum Gasteiger partial charge on any atom is -0.619 e. The van der Waals surface area contributed by atoms with Crippen molar-refractivity contribution < 1.29 is 13.5 Å². The topological polar surface area (TPSA) is 61.8 Å². The van der Waals surface area contributed by atoms with E-state index in [0.29, 0.717) is 20.4 Å². The van der Waals surface area contributed by atoms with E-state index in [4.69, 9.17) is 0 Å². The summed E-state index contributed by atoms with van der Waals surface area (Å²) >= 11 is 0. The first-order valence-electron chi connectivity index (χ1n) is 7.72. The molecule has 0 aliphatic rings. The molecule has 0 aliphatic heterocycles. The van der Waals surface area contributed by atoms with Gasteiger partial charge in [-0.05, 0) is 24.3 Å². The van der Waals surface area contributed by atoms with Crippen LogP contribution < -0.4 is 10.3 Å². The zero-order chi connectivity index (χ0) is 18.3. The van der Waals surface area contributed by atoms with E-state index in [1.165, 1.54) is 24.5 Å². The first kappa shape index (κ1) is 15.9. The van der Waals surface area contributed by atoms with Gasteiger partial charge in [0, 0.05) is 11.5 Å². The summed E-state index contributed by atoms with van der Waals surface area (Å²) in [6, 6.07) is 13.1. The molecule has 2 aromatic heterocycles. The molecule has 0 N–H and O–H groups in total. The highest BCUT2D eigenvalue weighted by Crippen LogP contribution is 2.25. The van der Waals surface area contributed by atoms with Crippen molar-refractivity contribution in [3.05, 3.63) is 94.2 Å². The van der Waals surface area contributed by atoms with E-state index in [2.05, 4.69) is 5.10 Å². The molecule has 128 valence electrons. The fraction of sp³-hybridized carbons (Fsp3) is 0. The van der Waals surface area contributed by atoms with E-state index in [9.17, 15) is 18.8 Å². The molecule has 0 fully saturated rings. The molecule has 2 aromatic carbocycles. The van der Waals surface area contributed by atoms with Gasteiger partial charge in [-0.15, -0.1) is 0 Å². The Morgan fingerprint density at radius 1 is 0.923 bits per heavy atom. The normalized spacial score (nSPS) is 11.0. The Bertz CT molecular complexity index is 1180. The quantitative estimate of drug-likeness (QED) is 0.412. The Morgan fingerprint density at radius 3 is 2.31 bits per heavy atom. The number of rotatable bonds is 2. The predicted octanol–water partition coefficient (Wildman–Crippen LogP) is 2.96. The van der Waals surface area contributed by atoms with Gasteiger partial charge in [0.05, 0.1) is 10.9 Å². The van der Waals surface area contributed by atoms with Crippen LogP contribution >= 0.6 is 0 Å². The van der Waals surface area contributed by atoms with Gasteiger partial charge in [0.25, 0.3) is 5.56 Å². The maximum absolute atomic E-state index is 14.2. The molecular formula is C19H11F2N3O2. The predicted molar refractivity (Wildman–Crippen MR) is 91.7 cm³/mol. The SMILES string of the molecule is O=c1c2ccccc2c(-c2ccc[n+]([O-])c2)nn1-c1c(F)cccc1F. The van der Waals surface area contributed by atoms with Gasteiger partial charge in [0.2, 0.25) is 0 Å². The molecule has 0 amide bonds. The van der Waals surface area contributed by atoms with Crippen molar-refractivity contribution in [3.8, 4) is 16.9 Å². The molecule has 7 heteroatoms. The number of nitrogens with zero attached hydrogens (tertiary/aromatic N) is 3. The lowest BCUT2D eigenvalue weighted by Gasteiger charge is -2.12. The van der Waals surface area contributed by atoms with Crippen LogP contribution in [0.25, 0.3) is 27.7 Å². The Hall–Kier alpha value is -3.61. The van der Waals surface area contributed by atoms with E-state index in [1.54, 1.807) is 30.3 Å². The minimum absolute atomic E-state index is 0.237. The Labute approximate surface area is 146 Å². The maximum atomic E-state index is 14.2. The Morgan fingerprint density at radius 2 is 1.62 bits per heavy atom. The van der Waals surface area contributed by atoms with Crippen LogP contribution in [0.3, 0.4) is 0 Å². The monoisotopic (exact) mass is 351 g/mol. The number of hydrogen-bond donors (Lipinski definition) is 0. The standard InChI is InChI=1S/C19H11F2N3O2/c20-15-8-3-9-16(21)18(15)24-19(25)14-7-2-1-6-13(14)17(22-24)12-5-4-10-23(26)11-12/h1-11H. The molecule has 0 aliphatic carbocycles. The van der Waals surface area contributed by atoms with Crippen LogP contribution in [-0.2, 0) is 0 Å². The molecule has 0 saturated carbocycles. The first-order valence-corrected chi connectivity index (χ1v) is 7.72. The third-order valence-electron chi connectivity index (χ3n) is 4.00. The average molecular weight is 351 g/mol. The van der Waals surface area contributed by atoms with Crippen molar-refractivity contribution in [1.82, 2.24) is 9.78 Å². The van der Waals surface area contributed by atoms with Crippen LogP contribution in [0, 0.1) is 16.8 Å². The van der Waals surface area contributed by atoms with Crippen LogP contribution in [0.4, 0.5) is 8.78 Å². The molecule has 4 rings (SSSR count). The molecule has 0 bridgehead atoms. The average Bonchev–Trinajstić information content (AvgIpc) is 2.63. The summed E-state index contributed by atoms with van der Waals surface area (Å²) in [6.45, 7) is 0. The van der Waals surface area contributed by atoms with Crippen LogP contribution in [0.15, 0.2) is 71.8 Å². The molecular weight excluding hydrogens is 340 g/mol. The number of benzene rings is 2. The van der Waals surface area contributed by atoms with Gasteiger partial charge in [-0.2, -0.15) is 14.5 Å². The van der Waals surface area contributed by atoms with E-state index in [0.717, 1.165) is 12.1 Å². The zero-order valence-corrected chi connectivity index (χ0v) is 13.3. The molecule has 26 heavy (non-hydrogen) atoms. The van der Waals surface area contributed by atoms with Gasteiger partial charge < -0.3 is 5.21 Å². The van der Waals surface area contributed by atoms with E-state index >= 15 is 0 Å². The van der Waals surface area contributed by atoms with Crippen molar-refractivity contribution in [2.45, 2.75) is 0 Å². The summed E-state index contributed by atoms with van der Waals surface area (Å²) in [5.41, 5.74) is -0.521. The van der Waals surface area contributed by atoms with Crippen LogP contribution in [0.2, 0.25) is 0 Å². The second-order valence-electron chi connectivity index (χ2n) is 5.63. The van der Waals surface area contributed by atoms with Gasteiger partial charge in [-0.1, -0.05) is 24.3 Å². The van der Waals surface area contributed by atoms with Crippen LogP contribution in [0.5, 0.6) is 0 Å². The molecule has 2 heterocycles. The highest BCUT2D eigenvalue weighted by molar-refractivity contribution is 5.93. The number of pyridine rings is 1. The lowest BCUT2D eigenvalue weighted by molar-refractivity contribution is -0.604. The molecule has 4 aromatic rings. The van der Waals surface area contributed by atoms with E-state index < -0.39 is 22.9 Å². The molecule has 0 atom stereocenters. The first-order chi connectivity index (χ1) is 12.6. The maximum Gasteiger partial charge on any atom is 0.279 e. The highest BCUT2D eigenvalue weighted by Gasteiger charge is 2.19. The largest absolute Gasteiger partial charge is 0.619 e. The minimum atomic E-state index is -0.909. The highest BCUT2D eigenvalue weighted by atomic mass is 19.1. The lowest BCUT2D eigenvalue weighted by Crippen LogP contribution is -2.26. The summed E-state index contributed by atoms with van der Waals surface area (Å²) in [5.74, 6) is -1.82. The summed E-state index contributed by atoms with van der Waals surface area (Å²) in [4.78, 5) is 12.8. The van der Waals surface area contributed by atoms with Gasteiger partial charge >= 0.3 is 0 Å². The molecule has 0 saturated heterocycles.